The van der Waals surface area contributed by atoms with Crippen LogP contribution in [0.4, 0.5) is 0 Å². The summed E-state index contributed by atoms with van der Waals surface area (Å²) >= 11 is 0. The van der Waals surface area contributed by atoms with E-state index in [0.29, 0.717) is 11.5 Å². The SMILES string of the molecule is Oc1ccc(-c2ccc(Oc3ccc(Oc4ccc(-c5ccc(O)cc5)cc4)cc3)cc2)cc1. The molecule has 0 aliphatic rings. The Balaban J connectivity index is 1.21. The Morgan fingerprint density at radius 1 is 0.294 bits per heavy atom. The second-order valence-corrected chi connectivity index (χ2v) is 7.82. The summed E-state index contributed by atoms with van der Waals surface area (Å²) in [6.45, 7) is 0. The molecule has 0 spiro atoms. The summed E-state index contributed by atoms with van der Waals surface area (Å²) in [5, 5.41) is 18.9. The number of phenols is 2. The number of rotatable bonds is 6. The Morgan fingerprint density at radius 3 is 0.765 bits per heavy atom. The third-order valence-corrected chi connectivity index (χ3v) is 5.41. The van der Waals surface area contributed by atoms with Gasteiger partial charge in [0.15, 0.2) is 0 Å². The monoisotopic (exact) mass is 446 g/mol. The fourth-order valence-corrected chi connectivity index (χ4v) is 3.59. The summed E-state index contributed by atoms with van der Waals surface area (Å²) in [5.41, 5.74) is 4.16. The van der Waals surface area contributed by atoms with Crippen LogP contribution in [0, 0.1) is 0 Å². The van der Waals surface area contributed by atoms with Crippen molar-refractivity contribution in [2.75, 3.05) is 0 Å². The molecule has 0 aliphatic heterocycles. The van der Waals surface area contributed by atoms with Gasteiger partial charge in [0.25, 0.3) is 0 Å². The first-order chi connectivity index (χ1) is 16.6. The first kappa shape index (κ1) is 21.2. The van der Waals surface area contributed by atoms with E-state index >= 15 is 0 Å². The van der Waals surface area contributed by atoms with Crippen LogP contribution in [0.3, 0.4) is 0 Å². The number of benzene rings is 5. The maximum Gasteiger partial charge on any atom is 0.127 e. The van der Waals surface area contributed by atoms with Crippen molar-refractivity contribution in [1.82, 2.24) is 0 Å². The molecule has 0 fully saturated rings. The predicted molar refractivity (Wildman–Crippen MR) is 134 cm³/mol. The zero-order chi connectivity index (χ0) is 23.3. The van der Waals surface area contributed by atoms with Gasteiger partial charge in [-0.1, -0.05) is 48.5 Å². The van der Waals surface area contributed by atoms with E-state index < -0.39 is 0 Å². The van der Waals surface area contributed by atoms with Crippen LogP contribution in [0.5, 0.6) is 34.5 Å². The summed E-state index contributed by atoms with van der Waals surface area (Å²) < 4.78 is 11.9. The molecule has 0 aliphatic carbocycles. The zero-order valence-electron chi connectivity index (χ0n) is 18.3. The molecule has 0 saturated carbocycles. The van der Waals surface area contributed by atoms with Gasteiger partial charge in [0.2, 0.25) is 0 Å². The predicted octanol–water partition coefficient (Wildman–Crippen LogP) is 8.02. The van der Waals surface area contributed by atoms with Gasteiger partial charge in [0.05, 0.1) is 0 Å². The molecule has 0 amide bonds. The molecule has 4 heteroatoms. The van der Waals surface area contributed by atoms with Crippen molar-refractivity contribution in [1.29, 1.82) is 0 Å². The number of hydrogen-bond acceptors (Lipinski definition) is 4. The fraction of sp³-hybridized carbons (Fsp3) is 0. The van der Waals surface area contributed by atoms with E-state index in [4.69, 9.17) is 9.47 Å². The van der Waals surface area contributed by atoms with Crippen LogP contribution in [-0.4, -0.2) is 10.2 Å². The van der Waals surface area contributed by atoms with Gasteiger partial charge in [0, 0.05) is 0 Å². The fourth-order valence-electron chi connectivity index (χ4n) is 3.59. The molecule has 0 unspecified atom stereocenters. The molecule has 0 aromatic heterocycles. The molecule has 0 radical (unpaired) electrons. The van der Waals surface area contributed by atoms with E-state index in [2.05, 4.69) is 0 Å². The molecular formula is C30H22O4. The minimum Gasteiger partial charge on any atom is -0.508 e. The quantitative estimate of drug-likeness (QED) is 0.277. The van der Waals surface area contributed by atoms with Gasteiger partial charge in [-0.25, -0.2) is 0 Å². The average molecular weight is 447 g/mol. The number of hydrogen-bond donors (Lipinski definition) is 2. The Kier molecular flexibility index (Phi) is 5.87. The number of aromatic hydroxyl groups is 2. The third kappa shape index (κ3) is 5.03. The van der Waals surface area contributed by atoms with Crippen molar-refractivity contribution in [3.63, 3.8) is 0 Å². The highest BCUT2D eigenvalue weighted by Gasteiger charge is 2.04. The van der Waals surface area contributed by atoms with Gasteiger partial charge in [-0.3, -0.25) is 0 Å². The van der Waals surface area contributed by atoms with Gasteiger partial charge in [-0.15, -0.1) is 0 Å². The minimum absolute atomic E-state index is 0.252. The van der Waals surface area contributed by atoms with E-state index in [9.17, 15) is 10.2 Å². The zero-order valence-corrected chi connectivity index (χ0v) is 18.3. The van der Waals surface area contributed by atoms with Crippen molar-refractivity contribution in [2.45, 2.75) is 0 Å². The van der Waals surface area contributed by atoms with Crippen LogP contribution >= 0.6 is 0 Å². The maximum atomic E-state index is 9.44. The van der Waals surface area contributed by atoms with Crippen molar-refractivity contribution < 1.29 is 19.7 Å². The van der Waals surface area contributed by atoms with Gasteiger partial charge in [-0.05, 0) is 95.1 Å². The highest BCUT2D eigenvalue weighted by molar-refractivity contribution is 5.66. The van der Waals surface area contributed by atoms with Crippen LogP contribution < -0.4 is 9.47 Å². The van der Waals surface area contributed by atoms with Crippen molar-refractivity contribution in [2.24, 2.45) is 0 Å². The van der Waals surface area contributed by atoms with E-state index in [1.54, 1.807) is 24.3 Å². The van der Waals surface area contributed by atoms with Gasteiger partial charge >= 0.3 is 0 Å². The Morgan fingerprint density at radius 2 is 0.500 bits per heavy atom. The Bertz CT molecular complexity index is 1250. The molecule has 5 aromatic carbocycles. The molecule has 0 heterocycles. The van der Waals surface area contributed by atoms with Crippen LogP contribution in [0.25, 0.3) is 22.3 Å². The van der Waals surface area contributed by atoms with Crippen LogP contribution in [0.2, 0.25) is 0 Å². The molecule has 0 bridgehead atoms. The molecule has 0 atom stereocenters. The summed E-state index contributed by atoms with van der Waals surface area (Å²) in [4.78, 5) is 0. The second kappa shape index (κ2) is 9.43. The minimum atomic E-state index is 0.252. The van der Waals surface area contributed by atoms with E-state index in [0.717, 1.165) is 33.8 Å². The molecule has 5 rings (SSSR count). The number of phenolic OH excluding ortho intramolecular Hbond substituents is 2. The maximum absolute atomic E-state index is 9.44. The molecule has 166 valence electrons. The van der Waals surface area contributed by atoms with Gasteiger partial charge in [-0.2, -0.15) is 0 Å². The third-order valence-electron chi connectivity index (χ3n) is 5.41. The Labute approximate surface area is 197 Å². The summed E-state index contributed by atoms with van der Waals surface area (Å²) in [5.74, 6) is 3.41. The van der Waals surface area contributed by atoms with Gasteiger partial charge in [0.1, 0.15) is 34.5 Å². The van der Waals surface area contributed by atoms with Crippen molar-refractivity contribution in [3.05, 3.63) is 121 Å². The lowest BCUT2D eigenvalue weighted by molar-refractivity contribution is 0.469. The van der Waals surface area contributed by atoms with E-state index in [1.165, 1.54) is 0 Å². The van der Waals surface area contributed by atoms with Gasteiger partial charge < -0.3 is 19.7 Å². The Hall–Kier alpha value is -4.70. The van der Waals surface area contributed by atoms with Crippen LogP contribution in [-0.2, 0) is 0 Å². The lowest BCUT2D eigenvalue weighted by Gasteiger charge is -2.10. The first-order valence-corrected chi connectivity index (χ1v) is 10.9. The van der Waals surface area contributed by atoms with Crippen LogP contribution in [0.1, 0.15) is 0 Å². The standard InChI is InChI=1S/C30H22O4/c31-25-9-1-21(2-10-25)23-5-13-27(14-6-23)33-29-17-19-30(20-18-29)34-28-15-7-24(8-16-28)22-3-11-26(32)12-4-22/h1-20,31-32H. The topological polar surface area (TPSA) is 58.9 Å². The first-order valence-electron chi connectivity index (χ1n) is 10.9. The largest absolute Gasteiger partial charge is 0.508 e. The summed E-state index contributed by atoms with van der Waals surface area (Å²) in [6, 6.07) is 37.3. The van der Waals surface area contributed by atoms with E-state index in [1.807, 2.05) is 97.1 Å². The molecule has 2 N–H and O–H groups in total. The molecule has 5 aromatic rings. The molecule has 0 saturated heterocycles. The van der Waals surface area contributed by atoms with E-state index in [-0.39, 0.29) is 11.5 Å². The normalized spacial score (nSPS) is 10.6. The second-order valence-electron chi connectivity index (χ2n) is 7.82. The highest BCUT2D eigenvalue weighted by atomic mass is 16.5. The molecule has 34 heavy (non-hydrogen) atoms. The lowest BCUT2D eigenvalue weighted by Crippen LogP contribution is -1.87. The van der Waals surface area contributed by atoms with Crippen molar-refractivity contribution in [3.8, 4) is 56.8 Å². The van der Waals surface area contributed by atoms with Crippen LogP contribution in [0.15, 0.2) is 121 Å². The highest BCUT2D eigenvalue weighted by Crippen LogP contribution is 2.30. The average Bonchev–Trinajstić information content (AvgIpc) is 2.87. The smallest absolute Gasteiger partial charge is 0.127 e. The summed E-state index contributed by atoms with van der Waals surface area (Å²) in [6.07, 6.45) is 0. The lowest BCUT2D eigenvalue weighted by atomic mass is 10.1. The molecule has 4 nitrogen and oxygen atoms in total. The summed E-state index contributed by atoms with van der Waals surface area (Å²) in [7, 11) is 0. The number of ether oxygens (including phenoxy) is 2. The van der Waals surface area contributed by atoms with Crippen molar-refractivity contribution >= 4 is 0 Å². The molecular weight excluding hydrogens is 424 g/mol.